The van der Waals surface area contributed by atoms with Crippen LogP contribution in [0.3, 0.4) is 0 Å². The number of para-hydroxylation sites is 1. The van der Waals surface area contributed by atoms with E-state index < -0.39 is 5.60 Å². The molecule has 0 atom stereocenters. The number of furan rings is 1. The number of hydrogen-bond acceptors (Lipinski definition) is 4. The highest BCUT2D eigenvalue weighted by molar-refractivity contribution is 5.80. The van der Waals surface area contributed by atoms with Gasteiger partial charge in [0.2, 0.25) is 0 Å². The lowest BCUT2D eigenvalue weighted by Crippen LogP contribution is -2.60. The Kier molecular flexibility index (Phi) is 2.58. The first-order valence-electron chi connectivity index (χ1n) is 5.97. The van der Waals surface area contributed by atoms with Crippen LogP contribution in [0.1, 0.15) is 12.0 Å². The zero-order valence-corrected chi connectivity index (χ0v) is 9.97. The van der Waals surface area contributed by atoms with E-state index in [2.05, 4.69) is 4.90 Å². The molecule has 18 heavy (non-hydrogen) atoms. The van der Waals surface area contributed by atoms with E-state index in [9.17, 15) is 5.11 Å². The summed E-state index contributed by atoms with van der Waals surface area (Å²) in [6.07, 6.45) is 1.97. The molecule has 1 aromatic carbocycles. The van der Waals surface area contributed by atoms with Crippen LogP contribution in [0.5, 0.6) is 0 Å². The first kappa shape index (κ1) is 11.3. The molecule has 1 aliphatic heterocycles. The molecule has 1 aliphatic rings. The van der Waals surface area contributed by atoms with Crippen molar-refractivity contribution in [1.82, 2.24) is 4.90 Å². The lowest BCUT2D eigenvalue weighted by molar-refractivity contribution is -0.0973. The fraction of sp³-hybridized carbons (Fsp3) is 0.357. The highest BCUT2D eigenvalue weighted by Gasteiger charge is 2.40. The van der Waals surface area contributed by atoms with Crippen LogP contribution in [-0.4, -0.2) is 28.7 Å². The molecule has 1 fully saturated rings. The fourth-order valence-electron chi connectivity index (χ4n) is 2.55. The minimum absolute atomic E-state index is 0.204. The molecule has 4 nitrogen and oxygen atoms in total. The van der Waals surface area contributed by atoms with Crippen molar-refractivity contribution in [2.75, 3.05) is 13.1 Å². The molecule has 1 aromatic heterocycles. The van der Waals surface area contributed by atoms with Crippen molar-refractivity contribution in [2.24, 2.45) is 0 Å². The maximum Gasteiger partial charge on any atom is 0.134 e. The van der Waals surface area contributed by atoms with Crippen molar-refractivity contribution < 1.29 is 9.52 Å². The number of fused-ring (bicyclic) bond motifs is 1. The second-order valence-corrected chi connectivity index (χ2v) is 4.96. The molecule has 1 saturated heterocycles. The van der Waals surface area contributed by atoms with Gasteiger partial charge >= 0.3 is 0 Å². The van der Waals surface area contributed by atoms with Crippen LogP contribution in [0.4, 0.5) is 0 Å². The van der Waals surface area contributed by atoms with Gasteiger partial charge in [0, 0.05) is 30.6 Å². The average molecular weight is 242 g/mol. The summed E-state index contributed by atoms with van der Waals surface area (Å²) in [6, 6.07) is 9.95. The number of β-amino-alcohol motifs (C(OH)–C–C–N with tert-alkyl or cyclic N) is 1. The predicted octanol–water partition coefficient (Wildman–Crippen LogP) is 1.89. The van der Waals surface area contributed by atoms with Crippen molar-refractivity contribution in [3.8, 4) is 6.07 Å². The third-order valence-electron chi connectivity index (χ3n) is 3.40. The van der Waals surface area contributed by atoms with Gasteiger partial charge in [-0.3, -0.25) is 4.90 Å². The monoisotopic (exact) mass is 242 g/mol. The van der Waals surface area contributed by atoms with Crippen LogP contribution in [0.25, 0.3) is 11.0 Å². The molecule has 0 amide bonds. The van der Waals surface area contributed by atoms with Gasteiger partial charge in [-0.2, -0.15) is 5.26 Å². The van der Waals surface area contributed by atoms with Gasteiger partial charge in [-0.1, -0.05) is 18.2 Å². The first-order valence-corrected chi connectivity index (χ1v) is 5.97. The maximum absolute atomic E-state index is 9.93. The number of likely N-dealkylation sites (tertiary alicyclic amines) is 1. The van der Waals surface area contributed by atoms with Crippen LogP contribution in [0.15, 0.2) is 34.9 Å². The normalized spacial score (nSPS) is 18.4. The lowest BCUT2D eigenvalue weighted by Gasteiger charge is -2.45. The minimum atomic E-state index is -0.811. The standard InChI is InChI=1S/C14H14N2O2/c15-6-5-14(17)9-16(10-14)7-11-8-18-13-4-2-1-3-12(11)13/h1-4,8,17H,5,7,9-10H2. The highest BCUT2D eigenvalue weighted by Crippen LogP contribution is 2.28. The van der Waals surface area contributed by atoms with Crippen LogP contribution in [0.2, 0.25) is 0 Å². The number of rotatable bonds is 3. The van der Waals surface area contributed by atoms with E-state index in [1.54, 1.807) is 6.26 Å². The molecular weight excluding hydrogens is 228 g/mol. The van der Waals surface area contributed by atoms with Gasteiger partial charge in [-0.15, -0.1) is 0 Å². The Hall–Kier alpha value is -1.83. The topological polar surface area (TPSA) is 60.4 Å². The number of aliphatic hydroxyl groups is 1. The molecule has 0 unspecified atom stereocenters. The van der Waals surface area contributed by atoms with Gasteiger partial charge in [0.25, 0.3) is 0 Å². The zero-order chi connectivity index (χ0) is 12.6. The third-order valence-corrected chi connectivity index (χ3v) is 3.40. The van der Waals surface area contributed by atoms with E-state index in [0.717, 1.165) is 23.1 Å². The quantitative estimate of drug-likeness (QED) is 0.892. The van der Waals surface area contributed by atoms with Gasteiger partial charge in [0.1, 0.15) is 11.2 Å². The Labute approximate surface area is 105 Å². The van der Waals surface area contributed by atoms with Crippen molar-refractivity contribution in [1.29, 1.82) is 5.26 Å². The Balaban J connectivity index is 1.70. The second-order valence-electron chi connectivity index (χ2n) is 4.96. The summed E-state index contributed by atoms with van der Waals surface area (Å²) in [5.74, 6) is 0. The van der Waals surface area contributed by atoms with Gasteiger partial charge in [-0.05, 0) is 6.07 Å². The minimum Gasteiger partial charge on any atom is -0.464 e. The van der Waals surface area contributed by atoms with Crippen LogP contribution in [-0.2, 0) is 6.54 Å². The van der Waals surface area contributed by atoms with Gasteiger partial charge in [-0.25, -0.2) is 0 Å². The molecule has 2 aromatic rings. The first-order chi connectivity index (χ1) is 8.70. The van der Waals surface area contributed by atoms with Crippen LogP contribution < -0.4 is 0 Å². The Morgan fingerprint density at radius 2 is 2.17 bits per heavy atom. The predicted molar refractivity (Wildman–Crippen MR) is 66.7 cm³/mol. The summed E-state index contributed by atoms with van der Waals surface area (Å²) < 4.78 is 5.48. The Morgan fingerprint density at radius 1 is 1.39 bits per heavy atom. The van der Waals surface area contributed by atoms with Crippen molar-refractivity contribution in [3.05, 3.63) is 36.1 Å². The number of hydrogen-bond donors (Lipinski definition) is 1. The fourth-order valence-corrected chi connectivity index (χ4v) is 2.55. The van der Waals surface area contributed by atoms with E-state index in [1.165, 1.54) is 0 Å². The number of nitrogens with zero attached hydrogens (tertiary/aromatic N) is 2. The highest BCUT2D eigenvalue weighted by atomic mass is 16.3. The number of nitriles is 1. The smallest absolute Gasteiger partial charge is 0.134 e. The summed E-state index contributed by atoms with van der Waals surface area (Å²) in [6.45, 7) is 1.87. The van der Waals surface area contributed by atoms with Crippen LogP contribution in [0, 0.1) is 11.3 Å². The van der Waals surface area contributed by atoms with E-state index >= 15 is 0 Å². The van der Waals surface area contributed by atoms with E-state index in [-0.39, 0.29) is 6.42 Å². The molecule has 0 bridgehead atoms. The van der Waals surface area contributed by atoms with Crippen LogP contribution >= 0.6 is 0 Å². The zero-order valence-electron chi connectivity index (χ0n) is 9.97. The Bertz CT molecular complexity index is 606. The van der Waals surface area contributed by atoms with Gasteiger partial charge in [0.05, 0.1) is 18.8 Å². The summed E-state index contributed by atoms with van der Waals surface area (Å²) in [7, 11) is 0. The van der Waals surface area contributed by atoms with E-state index in [0.29, 0.717) is 13.1 Å². The molecular formula is C14H14N2O2. The molecule has 1 N–H and O–H groups in total. The van der Waals surface area contributed by atoms with Crippen molar-refractivity contribution >= 4 is 11.0 Å². The molecule has 0 aliphatic carbocycles. The van der Waals surface area contributed by atoms with Gasteiger partial charge < -0.3 is 9.52 Å². The molecule has 0 spiro atoms. The van der Waals surface area contributed by atoms with E-state index in [4.69, 9.17) is 9.68 Å². The van der Waals surface area contributed by atoms with Crippen molar-refractivity contribution in [3.63, 3.8) is 0 Å². The molecule has 0 saturated carbocycles. The Morgan fingerprint density at radius 3 is 2.94 bits per heavy atom. The van der Waals surface area contributed by atoms with E-state index in [1.807, 2.05) is 30.3 Å². The van der Waals surface area contributed by atoms with Gasteiger partial charge in [0.15, 0.2) is 0 Å². The molecule has 92 valence electrons. The summed E-state index contributed by atoms with van der Waals surface area (Å²) in [4.78, 5) is 2.12. The second kappa shape index (κ2) is 4.13. The largest absolute Gasteiger partial charge is 0.464 e. The van der Waals surface area contributed by atoms with Crippen molar-refractivity contribution in [2.45, 2.75) is 18.6 Å². The third kappa shape index (κ3) is 1.88. The maximum atomic E-state index is 9.93. The summed E-state index contributed by atoms with van der Waals surface area (Å²) >= 11 is 0. The lowest BCUT2D eigenvalue weighted by atomic mass is 9.90. The SMILES string of the molecule is N#CCC1(O)CN(Cc2coc3ccccc23)C1. The molecule has 0 radical (unpaired) electrons. The molecule has 4 heteroatoms. The average Bonchev–Trinajstić information content (AvgIpc) is 2.71. The molecule has 2 heterocycles. The summed E-state index contributed by atoms with van der Waals surface area (Å²) in [5, 5.41) is 19.7. The summed E-state index contributed by atoms with van der Waals surface area (Å²) in [5.41, 5.74) is 1.21. The number of benzene rings is 1. The molecule has 3 rings (SSSR count).